The summed E-state index contributed by atoms with van der Waals surface area (Å²) < 4.78 is 14.4. The number of hydrogen-bond acceptors (Lipinski definition) is 4. The minimum absolute atomic E-state index is 0.337. The second-order valence-electron chi connectivity index (χ2n) is 5.05. The molecule has 0 radical (unpaired) electrons. The summed E-state index contributed by atoms with van der Waals surface area (Å²) in [5.41, 5.74) is 7.84. The molecule has 0 atom stereocenters. The number of nitrogens with zero attached hydrogens (tertiary/aromatic N) is 3. The molecular formula is C17H16FN5O. The average molecular weight is 325 g/mol. The van der Waals surface area contributed by atoms with Crippen LogP contribution in [-0.4, -0.2) is 20.7 Å². The average Bonchev–Trinajstić information content (AvgIpc) is 3.06. The molecule has 2 heterocycles. The van der Waals surface area contributed by atoms with Crippen LogP contribution in [0, 0.1) is 5.95 Å². The van der Waals surface area contributed by atoms with Crippen molar-refractivity contribution in [2.24, 2.45) is 0 Å². The molecule has 1 amide bonds. The molecule has 3 rings (SSSR count). The number of pyridine rings is 1. The van der Waals surface area contributed by atoms with Crippen molar-refractivity contribution in [3.05, 3.63) is 66.4 Å². The quantitative estimate of drug-likeness (QED) is 0.559. The molecule has 122 valence electrons. The van der Waals surface area contributed by atoms with Crippen molar-refractivity contribution in [2.45, 2.75) is 13.5 Å². The lowest BCUT2D eigenvalue weighted by atomic mass is 10.1. The highest BCUT2D eigenvalue weighted by Gasteiger charge is 2.15. The highest BCUT2D eigenvalue weighted by atomic mass is 19.1. The van der Waals surface area contributed by atoms with E-state index in [0.717, 1.165) is 11.3 Å². The molecule has 0 saturated carbocycles. The second kappa shape index (κ2) is 6.91. The molecule has 0 fully saturated rings. The first-order valence-electron chi connectivity index (χ1n) is 7.48. The molecule has 0 aliphatic rings. The Morgan fingerprint density at radius 3 is 2.67 bits per heavy atom. The van der Waals surface area contributed by atoms with Crippen LogP contribution in [0.25, 0.3) is 11.3 Å². The van der Waals surface area contributed by atoms with Crippen molar-refractivity contribution < 1.29 is 9.18 Å². The van der Waals surface area contributed by atoms with Gasteiger partial charge in [0.25, 0.3) is 5.91 Å². The Kier molecular flexibility index (Phi) is 4.51. The number of hydrogen-bond donors (Lipinski definition) is 2. The number of benzene rings is 1. The van der Waals surface area contributed by atoms with Crippen LogP contribution < -0.4 is 10.9 Å². The van der Waals surface area contributed by atoms with Gasteiger partial charge in [-0.1, -0.05) is 30.3 Å². The van der Waals surface area contributed by atoms with Gasteiger partial charge in [-0.25, -0.2) is 4.98 Å². The molecule has 1 aromatic carbocycles. The number of halogens is 1. The SMILES string of the molecule is CCn1nc(-c2ccccc2)cc1C(=O)NNc1ccc(F)nc1. The van der Waals surface area contributed by atoms with E-state index in [9.17, 15) is 9.18 Å². The van der Waals surface area contributed by atoms with Gasteiger partial charge in [-0.05, 0) is 25.1 Å². The lowest BCUT2D eigenvalue weighted by molar-refractivity contribution is 0.0952. The maximum absolute atomic E-state index is 12.8. The van der Waals surface area contributed by atoms with Gasteiger partial charge in [0.2, 0.25) is 5.95 Å². The zero-order valence-corrected chi connectivity index (χ0v) is 13.0. The van der Waals surface area contributed by atoms with Gasteiger partial charge >= 0.3 is 0 Å². The first-order chi connectivity index (χ1) is 11.7. The molecule has 0 bridgehead atoms. The lowest BCUT2D eigenvalue weighted by Crippen LogP contribution is -2.31. The number of nitrogens with one attached hydrogen (secondary N) is 2. The summed E-state index contributed by atoms with van der Waals surface area (Å²) in [5.74, 6) is -0.917. The molecule has 0 spiro atoms. The zero-order chi connectivity index (χ0) is 16.9. The summed E-state index contributed by atoms with van der Waals surface area (Å²) in [6.07, 6.45) is 1.29. The molecule has 0 saturated heterocycles. The fraction of sp³-hybridized carbons (Fsp3) is 0.118. The number of hydrazine groups is 1. The van der Waals surface area contributed by atoms with Crippen molar-refractivity contribution in [1.82, 2.24) is 20.2 Å². The summed E-state index contributed by atoms with van der Waals surface area (Å²) in [6, 6.07) is 14.1. The first-order valence-corrected chi connectivity index (χ1v) is 7.48. The van der Waals surface area contributed by atoms with Crippen LogP contribution >= 0.6 is 0 Å². The van der Waals surface area contributed by atoms with E-state index in [1.807, 2.05) is 37.3 Å². The van der Waals surface area contributed by atoms with Gasteiger partial charge in [0.05, 0.1) is 17.6 Å². The van der Waals surface area contributed by atoms with E-state index in [-0.39, 0.29) is 5.91 Å². The van der Waals surface area contributed by atoms with Gasteiger partial charge in [-0.3, -0.25) is 20.3 Å². The Morgan fingerprint density at radius 1 is 1.21 bits per heavy atom. The van der Waals surface area contributed by atoms with Crippen molar-refractivity contribution in [1.29, 1.82) is 0 Å². The van der Waals surface area contributed by atoms with Crippen molar-refractivity contribution in [3.63, 3.8) is 0 Å². The summed E-state index contributed by atoms with van der Waals surface area (Å²) in [6.45, 7) is 2.48. The standard InChI is InChI=1S/C17H16FN5O/c1-2-23-15(10-14(22-23)12-6-4-3-5-7-12)17(24)21-20-13-8-9-16(18)19-11-13/h3-11,20H,2H2,1H3,(H,21,24). The molecule has 24 heavy (non-hydrogen) atoms. The maximum atomic E-state index is 12.8. The van der Waals surface area contributed by atoms with Gasteiger partial charge in [-0.15, -0.1) is 0 Å². The molecule has 2 N–H and O–H groups in total. The fourth-order valence-corrected chi connectivity index (χ4v) is 2.23. The van der Waals surface area contributed by atoms with E-state index >= 15 is 0 Å². The van der Waals surface area contributed by atoms with Crippen molar-refractivity contribution in [3.8, 4) is 11.3 Å². The number of rotatable bonds is 5. The number of carbonyl (C=O) groups excluding carboxylic acids is 1. The Morgan fingerprint density at radius 2 is 2.00 bits per heavy atom. The second-order valence-corrected chi connectivity index (χ2v) is 5.05. The molecule has 7 heteroatoms. The summed E-state index contributed by atoms with van der Waals surface area (Å²) >= 11 is 0. The molecule has 0 aliphatic carbocycles. The van der Waals surface area contributed by atoms with Crippen molar-refractivity contribution in [2.75, 3.05) is 5.43 Å². The molecule has 2 aromatic heterocycles. The van der Waals surface area contributed by atoms with Gasteiger partial charge in [-0.2, -0.15) is 9.49 Å². The topological polar surface area (TPSA) is 71.8 Å². The number of aryl methyl sites for hydroxylation is 1. The predicted molar refractivity (Wildman–Crippen MR) is 88.6 cm³/mol. The van der Waals surface area contributed by atoms with Crippen LogP contribution in [0.15, 0.2) is 54.7 Å². The van der Waals surface area contributed by atoms with Crippen LogP contribution in [0.2, 0.25) is 0 Å². The Bertz CT molecular complexity index is 830. The third-order valence-corrected chi connectivity index (χ3v) is 3.43. The van der Waals surface area contributed by atoms with Gasteiger partial charge in [0, 0.05) is 12.1 Å². The third-order valence-electron chi connectivity index (χ3n) is 3.43. The van der Waals surface area contributed by atoms with E-state index in [4.69, 9.17) is 0 Å². The Hall–Kier alpha value is -3.22. The minimum Gasteiger partial charge on any atom is -0.297 e. The van der Waals surface area contributed by atoms with Gasteiger partial charge < -0.3 is 0 Å². The van der Waals surface area contributed by atoms with Crippen LogP contribution in [0.3, 0.4) is 0 Å². The number of aromatic nitrogens is 3. The predicted octanol–water partition coefficient (Wildman–Crippen LogP) is 2.86. The summed E-state index contributed by atoms with van der Waals surface area (Å²) in [7, 11) is 0. The number of carbonyl (C=O) groups is 1. The normalized spacial score (nSPS) is 10.4. The van der Waals surface area contributed by atoms with Crippen LogP contribution in [0.1, 0.15) is 17.4 Å². The van der Waals surface area contributed by atoms with Crippen molar-refractivity contribution >= 4 is 11.6 Å². The highest BCUT2D eigenvalue weighted by molar-refractivity contribution is 5.94. The summed E-state index contributed by atoms with van der Waals surface area (Å²) in [5, 5.41) is 4.45. The largest absolute Gasteiger partial charge is 0.297 e. The lowest BCUT2D eigenvalue weighted by Gasteiger charge is -2.08. The summed E-state index contributed by atoms with van der Waals surface area (Å²) in [4.78, 5) is 15.9. The minimum atomic E-state index is -0.580. The molecule has 0 unspecified atom stereocenters. The van der Waals surface area contributed by atoms with E-state index < -0.39 is 5.95 Å². The first kappa shape index (κ1) is 15.7. The molecular weight excluding hydrogens is 309 g/mol. The fourth-order valence-electron chi connectivity index (χ4n) is 2.23. The number of amides is 1. The monoisotopic (exact) mass is 325 g/mol. The Balaban J connectivity index is 1.76. The molecule has 3 aromatic rings. The van der Waals surface area contributed by atoms with Gasteiger partial charge in [0.1, 0.15) is 5.69 Å². The molecule has 0 aliphatic heterocycles. The number of anilines is 1. The zero-order valence-electron chi connectivity index (χ0n) is 13.0. The van der Waals surface area contributed by atoms with E-state index in [1.165, 1.54) is 18.3 Å². The van der Waals surface area contributed by atoms with Gasteiger partial charge in [0.15, 0.2) is 0 Å². The van der Waals surface area contributed by atoms with Crippen LogP contribution in [0.4, 0.5) is 10.1 Å². The highest BCUT2D eigenvalue weighted by Crippen LogP contribution is 2.19. The smallest absolute Gasteiger partial charge is 0.287 e. The third kappa shape index (κ3) is 3.40. The molecule has 6 nitrogen and oxygen atoms in total. The maximum Gasteiger partial charge on any atom is 0.287 e. The van der Waals surface area contributed by atoms with Crippen LogP contribution in [0.5, 0.6) is 0 Å². The van der Waals surface area contributed by atoms with E-state index in [0.29, 0.717) is 17.9 Å². The Labute approximate surface area is 138 Å². The van der Waals surface area contributed by atoms with Crippen LogP contribution in [-0.2, 0) is 6.54 Å². The van der Waals surface area contributed by atoms with E-state index in [1.54, 1.807) is 10.7 Å². The van der Waals surface area contributed by atoms with E-state index in [2.05, 4.69) is 20.9 Å².